The Morgan fingerprint density at radius 2 is 1.21 bits per heavy atom. The first kappa shape index (κ1) is 41.3. The summed E-state index contributed by atoms with van der Waals surface area (Å²) >= 11 is 0. The van der Waals surface area contributed by atoms with Crippen molar-refractivity contribution in [3.8, 4) is 40.1 Å². The highest BCUT2D eigenvalue weighted by molar-refractivity contribution is 6.01. The number of carboxylic acids is 3. The molecule has 22 heteroatoms. The lowest BCUT2D eigenvalue weighted by atomic mass is 10.0. The van der Waals surface area contributed by atoms with E-state index >= 15 is 0 Å². The van der Waals surface area contributed by atoms with Gasteiger partial charge in [-0.05, 0) is 48.5 Å². The molecule has 0 spiro atoms. The Labute approximate surface area is 283 Å². The Balaban J connectivity index is 0.000000365. The minimum absolute atomic E-state index is 0.373. The number of nitriles is 1. The van der Waals surface area contributed by atoms with Crippen LogP contribution in [0.2, 0.25) is 0 Å². The zero-order valence-electron chi connectivity index (χ0n) is 25.2. The van der Waals surface area contributed by atoms with Gasteiger partial charge in [0.2, 0.25) is 0 Å². The quantitative estimate of drug-likeness (QED) is 0.119. The van der Waals surface area contributed by atoms with Crippen molar-refractivity contribution in [3.63, 3.8) is 0 Å². The van der Waals surface area contributed by atoms with E-state index in [2.05, 4.69) is 21.3 Å². The molecule has 5 aromatic rings. The van der Waals surface area contributed by atoms with Gasteiger partial charge in [0.25, 0.3) is 0 Å². The number of carboxylic acid groups (broad SMARTS) is 3. The van der Waals surface area contributed by atoms with Crippen LogP contribution in [0, 0.1) is 11.3 Å². The first-order valence-corrected chi connectivity index (χ1v) is 13.3. The lowest BCUT2D eigenvalue weighted by Crippen LogP contribution is -2.21. The molecule has 0 unspecified atom stereocenters. The number of nitrogens with one attached hydrogen (secondary N) is 1. The van der Waals surface area contributed by atoms with Crippen molar-refractivity contribution in [2.45, 2.75) is 18.5 Å². The maximum absolute atomic E-state index is 10.6. The second kappa shape index (κ2) is 17.1. The standard InChI is InChI=1S/C24H16N6O.3C2HF3O2/c25-12-15-10-17(14-27-13-15)20-11-21-22(24(26)30-29-21)23(28-20)16-6-8-19(9-7-16)31-18-4-2-1-3-5-18;3*3-2(4,5)1(6)7/h1-11,13-14H,(H3,26,29,30);3*(H,6,7). The van der Waals surface area contributed by atoms with Gasteiger partial charge in [-0.3, -0.25) is 10.1 Å². The molecule has 13 nitrogen and oxygen atoms in total. The van der Waals surface area contributed by atoms with Crippen molar-refractivity contribution >= 4 is 34.6 Å². The number of nitrogens with two attached hydrogens (primary N) is 1. The summed E-state index contributed by atoms with van der Waals surface area (Å²) < 4.78 is 101. The zero-order chi connectivity index (χ0) is 39.4. The number of ether oxygens (including phenoxy) is 1. The van der Waals surface area contributed by atoms with Gasteiger partial charge in [0.05, 0.1) is 27.9 Å². The maximum atomic E-state index is 10.6. The molecule has 0 aliphatic carbocycles. The molecule has 0 fully saturated rings. The van der Waals surface area contributed by atoms with Gasteiger partial charge in [-0.2, -0.15) is 49.9 Å². The fourth-order valence-electron chi connectivity index (χ4n) is 3.37. The minimum Gasteiger partial charge on any atom is -0.475 e. The van der Waals surface area contributed by atoms with Gasteiger partial charge < -0.3 is 25.8 Å². The van der Waals surface area contributed by atoms with E-state index in [4.69, 9.17) is 45.2 Å². The Bertz CT molecular complexity index is 1990. The number of rotatable bonds is 4. The predicted molar refractivity (Wildman–Crippen MR) is 159 cm³/mol. The first-order valence-electron chi connectivity index (χ1n) is 13.3. The molecule has 2 aromatic carbocycles. The highest BCUT2D eigenvalue weighted by atomic mass is 19.4. The SMILES string of the molecule is N#Cc1cncc(-c2cc3[nH]nc(N)c3c(-c3ccc(Oc4ccccc4)cc3)n2)c1.O=C(O)C(F)(F)F.O=C(O)C(F)(F)F.O=C(O)C(F)(F)F. The van der Waals surface area contributed by atoms with Gasteiger partial charge in [0.1, 0.15) is 17.6 Å². The van der Waals surface area contributed by atoms with Crippen LogP contribution in [0.3, 0.4) is 0 Å². The average Bonchev–Trinajstić information content (AvgIpc) is 3.45. The number of para-hydroxylation sites is 1. The molecule has 0 saturated carbocycles. The Hall–Kier alpha value is -6.92. The lowest BCUT2D eigenvalue weighted by Gasteiger charge is -2.09. The van der Waals surface area contributed by atoms with E-state index < -0.39 is 36.4 Å². The van der Waals surface area contributed by atoms with Gasteiger partial charge in [-0.25, -0.2) is 19.4 Å². The number of alkyl halides is 9. The Morgan fingerprint density at radius 1 is 0.731 bits per heavy atom. The number of nitrogen functional groups attached to an aromatic ring is 1. The lowest BCUT2D eigenvalue weighted by molar-refractivity contribution is -0.193. The van der Waals surface area contributed by atoms with Crippen LogP contribution >= 0.6 is 0 Å². The van der Waals surface area contributed by atoms with Crippen molar-refractivity contribution in [2.75, 3.05) is 5.73 Å². The molecule has 3 heterocycles. The third-order valence-electron chi connectivity index (χ3n) is 5.57. The summed E-state index contributed by atoms with van der Waals surface area (Å²) in [6.45, 7) is 0. The predicted octanol–water partition coefficient (Wildman–Crippen LogP) is 6.83. The average molecular weight is 746 g/mol. The molecule has 5 rings (SSSR count). The van der Waals surface area contributed by atoms with Crippen LogP contribution in [-0.4, -0.2) is 71.9 Å². The summed E-state index contributed by atoms with van der Waals surface area (Å²) in [5, 5.41) is 38.4. The van der Waals surface area contributed by atoms with Crippen LogP contribution in [0.15, 0.2) is 79.1 Å². The maximum Gasteiger partial charge on any atom is 0.490 e. The van der Waals surface area contributed by atoms with E-state index in [1.54, 1.807) is 12.3 Å². The molecular weight excluding hydrogens is 727 g/mol. The van der Waals surface area contributed by atoms with Gasteiger partial charge >= 0.3 is 36.4 Å². The van der Waals surface area contributed by atoms with E-state index in [-0.39, 0.29) is 0 Å². The first-order chi connectivity index (χ1) is 24.0. The summed E-state index contributed by atoms with van der Waals surface area (Å²) in [5.74, 6) is -6.42. The van der Waals surface area contributed by atoms with E-state index in [9.17, 15) is 44.8 Å². The van der Waals surface area contributed by atoms with Gasteiger partial charge in [-0.1, -0.05) is 18.2 Å². The van der Waals surface area contributed by atoms with Gasteiger partial charge in [-0.15, -0.1) is 0 Å². The molecular formula is C30H19F9N6O7. The number of pyridine rings is 2. The molecule has 0 radical (unpaired) electrons. The molecule has 0 atom stereocenters. The number of nitrogens with zero attached hydrogens (tertiary/aromatic N) is 4. The summed E-state index contributed by atoms with van der Waals surface area (Å²) in [5.41, 5.74) is 10.3. The second-order valence-electron chi connectivity index (χ2n) is 9.31. The number of hydrogen-bond acceptors (Lipinski definition) is 9. The second-order valence-corrected chi connectivity index (χ2v) is 9.31. The Kier molecular flexibility index (Phi) is 13.6. The van der Waals surface area contributed by atoms with Crippen LogP contribution in [0.4, 0.5) is 45.3 Å². The molecule has 0 bridgehead atoms. The fourth-order valence-corrected chi connectivity index (χ4v) is 3.37. The molecule has 274 valence electrons. The number of aromatic amines is 1. The Morgan fingerprint density at radius 3 is 1.67 bits per heavy atom. The van der Waals surface area contributed by atoms with E-state index in [0.29, 0.717) is 28.5 Å². The molecule has 6 N–H and O–H groups in total. The largest absolute Gasteiger partial charge is 0.490 e. The van der Waals surface area contributed by atoms with E-state index in [1.807, 2.05) is 60.7 Å². The number of benzene rings is 2. The van der Waals surface area contributed by atoms with Crippen molar-refractivity contribution in [1.82, 2.24) is 20.2 Å². The molecule has 0 amide bonds. The number of aliphatic carboxylic acids is 3. The van der Waals surface area contributed by atoms with Gasteiger partial charge in [0, 0.05) is 23.5 Å². The van der Waals surface area contributed by atoms with Crippen LogP contribution in [0.5, 0.6) is 11.5 Å². The molecule has 0 aliphatic rings. The third-order valence-corrected chi connectivity index (χ3v) is 5.57. The fraction of sp³-hybridized carbons (Fsp3) is 0.100. The normalized spacial score (nSPS) is 10.9. The van der Waals surface area contributed by atoms with Crippen molar-refractivity contribution < 1.29 is 74.0 Å². The van der Waals surface area contributed by atoms with Crippen molar-refractivity contribution in [2.24, 2.45) is 0 Å². The van der Waals surface area contributed by atoms with Crippen molar-refractivity contribution in [1.29, 1.82) is 5.26 Å². The van der Waals surface area contributed by atoms with Crippen LogP contribution in [-0.2, 0) is 14.4 Å². The van der Waals surface area contributed by atoms with E-state index in [0.717, 1.165) is 27.8 Å². The summed E-state index contributed by atoms with van der Waals surface area (Å²) in [7, 11) is 0. The number of halogens is 9. The number of fused-ring (bicyclic) bond motifs is 1. The summed E-state index contributed by atoms with van der Waals surface area (Å²) in [6.07, 6.45) is -12.1. The summed E-state index contributed by atoms with van der Waals surface area (Å²) in [6, 6.07) is 22.9. The third kappa shape index (κ3) is 12.5. The van der Waals surface area contributed by atoms with Crippen LogP contribution in [0.25, 0.3) is 33.4 Å². The van der Waals surface area contributed by atoms with E-state index in [1.165, 1.54) is 6.20 Å². The molecule has 3 aromatic heterocycles. The minimum atomic E-state index is -5.08. The molecule has 0 saturated heterocycles. The summed E-state index contributed by atoms with van der Waals surface area (Å²) in [4.78, 5) is 35.7. The number of carbonyl (C=O) groups is 3. The number of anilines is 1. The zero-order valence-corrected chi connectivity index (χ0v) is 25.2. The molecule has 0 aliphatic heterocycles. The van der Waals surface area contributed by atoms with Crippen LogP contribution in [0.1, 0.15) is 5.56 Å². The topological polar surface area (TPSA) is 225 Å². The van der Waals surface area contributed by atoms with Crippen LogP contribution < -0.4 is 10.5 Å². The smallest absolute Gasteiger partial charge is 0.475 e. The highest BCUT2D eigenvalue weighted by Gasteiger charge is 2.39. The van der Waals surface area contributed by atoms with Gasteiger partial charge in [0.15, 0.2) is 5.82 Å². The monoisotopic (exact) mass is 746 g/mol. The number of aromatic nitrogens is 4. The highest BCUT2D eigenvalue weighted by Crippen LogP contribution is 2.34. The number of H-pyrrole nitrogens is 1. The van der Waals surface area contributed by atoms with Crippen molar-refractivity contribution in [3.05, 3.63) is 84.7 Å². The number of hydrogen-bond donors (Lipinski definition) is 5. The molecule has 52 heavy (non-hydrogen) atoms.